The first-order valence-electron chi connectivity index (χ1n) is 8.61. The number of benzene rings is 1. The number of alkyl carbamates (subject to hydrolysis) is 1. The molecule has 0 spiro atoms. The minimum atomic E-state index is -3.53. The van der Waals surface area contributed by atoms with Gasteiger partial charge in [0.15, 0.2) is 6.54 Å². The first-order valence-corrected chi connectivity index (χ1v) is 10.1. The first kappa shape index (κ1) is 20.3. The lowest BCUT2D eigenvalue weighted by molar-refractivity contribution is -0.895. The van der Waals surface area contributed by atoms with Crippen LogP contribution in [-0.4, -0.2) is 64.1 Å². The molecule has 1 aromatic rings. The smallest absolute Gasteiger partial charge is 0.414 e. The van der Waals surface area contributed by atoms with E-state index in [4.69, 9.17) is 0 Å². The van der Waals surface area contributed by atoms with Crippen molar-refractivity contribution < 1.29 is 27.6 Å². The predicted molar refractivity (Wildman–Crippen MR) is 95.4 cm³/mol. The van der Waals surface area contributed by atoms with Crippen molar-refractivity contribution in [1.82, 2.24) is 9.62 Å². The minimum absolute atomic E-state index is 0.107. The summed E-state index contributed by atoms with van der Waals surface area (Å²) in [4.78, 5) is 24.3. The van der Waals surface area contributed by atoms with Crippen LogP contribution in [0.4, 0.5) is 4.79 Å². The third-order valence-corrected chi connectivity index (χ3v) is 6.37. The number of ether oxygens (including phenoxy) is 1. The van der Waals surface area contributed by atoms with E-state index in [1.807, 2.05) is 19.9 Å². The summed E-state index contributed by atoms with van der Waals surface area (Å²) in [5.41, 5.74) is 1.98. The molecule has 2 amide bonds. The van der Waals surface area contributed by atoms with Gasteiger partial charge < -0.3 is 9.64 Å². The number of hydrogen-bond acceptors (Lipinski definition) is 5. The summed E-state index contributed by atoms with van der Waals surface area (Å²) in [6.45, 7) is 7.45. The number of nitrogens with zero attached hydrogens (tertiary/aromatic N) is 1. The van der Waals surface area contributed by atoms with E-state index in [2.05, 4.69) is 10.1 Å². The van der Waals surface area contributed by atoms with Gasteiger partial charge in [0.25, 0.3) is 5.91 Å². The fourth-order valence-corrected chi connectivity index (χ4v) is 4.32. The number of amides is 2. The number of carbonyl (C=O) groups excluding carboxylic acids is 2. The van der Waals surface area contributed by atoms with E-state index >= 15 is 0 Å². The Morgan fingerprint density at radius 3 is 2.42 bits per heavy atom. The molecule has 0 saturated carbocycles. The Bertz CT molecular complexity index is 771. The fourth-order valence-electron chi connectivity index (χ4n) is 2.80. The fraction of sp³-hybridized carbons (Fsp3) is 0.529. The number of hydrogen-bond donors (Lipinski definition) is 2. The van der Waals surface area contributed by atoms with Gasteiger partial charge in [-0.2, -0.15) is 4.31 Å². The minimum Gasteiger partial charge on any atom is -0.450 e. The van der Waals surface area contributed by atoms with Crippen LogP contribution in [0.5, 0.6) is 0 Å². The van der Waals surface area contributed by atoms with Gasteiger partial charge in [-0.25, -0.2) is 13.2 Å². The topological polar surface area (TPSA) is 97.2 Å². The summed E-state index contributed by atoms with van der Waals surface area (Å²) in [5, 5.41) is 2.15. The van der Waals surface area contributed by atoms with Crippen LogP contribution in [0.15, 0.2) is 23.1 Å². The summed E-state index contributed by atoms with van der Waals surface area (Å²) in [7, 11) is -3.53. The van der Waals surface area contributed by atoms with Crippen molar-refractivity contribution in [3.63, 3.8) is 0 Å². The maximum atomic E-state index is 12.8. The SMILES string of the molecule is CCOC(=O)NC(=O)C[NH+]1CCN(S(=O)(=O)c2ccc(C)c(C)c2)CC1. The Hall–Kier alpha value is -1.97. The molecule has 2 N–H and O–H groups in total. The van der Waals surface area contributed by atoms with Crippen molar-refractivity contribution in [1.29, 1.82) is 0 Å². The molecule has 0 radical (unpaired) electrons. The molecule has 0 atom stereocenters. The second-order valence-corrected chi connectivity index (χ2v) is 8.28. The van der Waals surface area contributed by atoms with Gasteiger partial charge in [-0.1, -0.05) is 6.07 Å². The maximum absolute atomic E-state index is 12.8. The van der Waals surface area contributed by atoms with Crippen molar-refractivity contribution in [2.24, 2.45) is 0 Å². The second-order valence-electron chi connectivity index (χ2n) is 6.35. The van der Waals surface area contributed by atoms with Crippen LogP contribution >= 0.6 is 0 Å². The Balaban J connectivity index is 1.92. The zero-order valence-electron chi connectivity index (χ0n) is 15.4. The van der Waals surface area contributed by atoms with E-state index in [-0.39, 0.29) is 13.2 Å². The van der Waals surface area contributed by atoms with Gasteiger partial charge in [0.1, 0.15) is 0 Å². The van der Waals surface area contributed by atoms with Crippen LogP contribution in [0.2, 0.25) is 0 Å². The third kappa shape index (κ3) is 5.03. The molecular weight excluding hydrogens is 358 g/mol. The molecule has 1 heterocycles. The lowest BCUT2D eigenvalue weighted by atomic mass is 10.1. The highest BCUT2D eigenvalue weighted by molar-refractivity contribution is 7.89. The molecule has 1 aliphatic heterocycles. The van der Waals surface area contributed by atoms with Crippen LogP contribution in [0.1, 0.15) is 18.1 Å². The van der Waals surface area contributed by atoms with Crippen LogP contribution in [0, 0.1) is 13.8 Å². The summed E-state index contributed by atoms with van der Waals surface area (Å²) >= 11 is 0. The monoisotopic (exact) mass is 384 g/mol. The van der Waals surface area contributed by atoms with E-state index in [0.29, 0.717) is 31.1 Å². The van der Waals surface area contributed by atoms with Gasteiger partial charge in [-0.3, -0.25) is 10.1 Å². The molecule has 1 saturated heterocycles. The molecule has 144 valence electrons. The Morgan fingerprint density at radius 1 is 1.19 bits per heavy atom. The summed E-state index contributed by atoms with van der Waals surface area (Å²) in [5.74, 6) is -0.427. The lowest BCUT2D eigenvalue weighted by Crippen LogP contribution is -3.15. The Labute approximate surface area is 154 Å². The summed E-state index contributed by atoms with van der Waals surface area (Å²) in [6.07, 6.45) is -0.757. The number of imide groups is 1. The molecule has 0 bridgehead atoms. The van der Waals surface area contributed by atoms with Crippen molar-refractivity contribution in [3.8, 4) is 0 Å². The van der Waals surface area contributed by atoms with E-state index in [1.165, 1.54) is 4.31 Å². The predicted octanol–water partition coefficient (Wildman–Crippen LogP) is -0.535. The zero-order chi connectivity index (χ0) is 19.3. The van der Waals surface area contributed by atoms with Crippen LogP contribution in [-0.2, 0) is 19.6 Å². The van der Waals surface area contributed by atoms with Crippen molar-refractivity contribution in [3.05, 3.63) is 29.3 Å². The molecule has 1 fully saturated rings. The summed E-state index contributed by atoms with van der Waals surface area (Å²) < 4.78 is 31.7. The van der Waals surface area contributed by atoms with E-state index in [1.54, 1.807) is 19.1 Å². The van der Waals surface area contributed by atoms with Gasteiger partial charge in [0, 0.05) is 0 Å². The molecule has 1 aliphatic rings. The highest BCUT2D eigenvalue weighted by Crippen LogP contribution is 2.19. The van der Waals surface area contributed by atoms with E-state index in [9.17, 15) is 18.0 Å². The standard InChI is InChI=1S/C17H25N3O5S/c1-4-25-17(22)18-16(21)12-19-7-9-20(10-8-19)26(23,24)15-6-5-13(2)14(3)11-15/h5-6,11H,4,7-10,12H2,1-3H3,(H,18,21,22)/p+1. The van der Waals surface area contributed by atoms with Gasteiger partial charge in [-0.15, -0.1) is 0 Å². The average molecular weight is 384 g/mol. The van der Waals surface area contributed by atoms with Gasteiger partial charge >= 0.3 is 6.09 Å². The number of piperazine rings is 1. The molecule has 0 aromatic heterocycles. The van der Waals surface area contributed by atoms with Crippen LogP contribution in [0.3, 0.4) is 0 Å². The normalized spacial score (nSPS) is 16.3. The maximum Gasteiger partial charge on any atom is 0.414 e. The molecule has 0 unspecified atom stereocenters. The van der Waals surface area contributed by atoms with Gasteiger partial charge in [-0.05, 0) is 44.0 Å². The highest BCUT2D eigenvalue weighted by atomic mass is 32.2. The van der Waals surface area contributed by atoms with E-state index < -0.39 is 22.0 Å². The Morgan fingerprint density at radius 2 is 1.85 bits per heavy atom. The zero-order valence-corrected chi connectivity index (χ0v) is 16.2. The molecule has 0 aliphatic carbocycles. The highest BCUT2D eigenvalue weighted by Gasteiger charge is 2.31. The molecule has 2 rings (SSSR count). The second kappa shape index (κ2) is 8.61. The first-order chi connectivity index (χ1) is 12.2. The largest absolute Gasteiger partial charge is 0.450 e. The van der Waals surface area contributed by atoms with E-state index in [0.717, 1.165) is 16.0 Å². The average Bonchev–Trinajstić information content (AvgIpc) is 2.57. The quantitative estimate of drug-likeness (QED) is 0.711. The number of nitrogens with one attached hydrogen (secondary N) is 2. The van der Waals surface area contributed by atoms with Crippen LogP contribution < -0.4 is 10.2 Å². The molecule has 9 heteroatoms. The van der Waals surface area contributed by atoms with Gasteiger partial charge in [0.05, 0.1) is 37.7 Å². The van der Waals surface area contributed by atoms with Crippen molar-refractivity contribution in [2.45, 2.75) is 25.7 Å². The van der Waals surface area contributed by atoms with Gasteiger partial charge in [0.2, 0.25) is 10.0 Å². The van der Waals surface area contributed by atoms with Crippen molar-refractivity contribution >= 4 is 22.0 Å². The molecule has 1 aromatic carbocycles. The van der Waals surface area contributed by atoms with Crippen LogP contribution in [0.25, 0.3) is 0 Å². The molecular formula is C17H26N3O5S+. The lowest BCUT2D eigenvalue weighted by Gasteiger charge is -2.31. The number of rotatable bonds is 5. The summed E-state index contributed by atoms with van der Waals surface area (Å²) in [6, 6.07) is 5.13. The number of sulfonamides is 1. The third-order valence-electron chi connectivity index (χ3n) is 4.47. The Kier molecular flexibility index (Phi) is 6.74. The molecule has 26 heavy (non-hydrogen) atoms. The van der Waals surface area contributed by atoms with Crippen molar-refractivity contribution in [2.75, 3.05) is 39.3 Å². The number of aryl methyl sites for hydroxylation is 2. The number of quaternary nitrogens is 1. The molecule has 8 nitrogen and oxygen atoms in total. The number of carbonyl (C=O) groups is 2.